The molecule has 1 aromatic rings. The molecule has 14 heavy (non-hydrogen) atoms. The largest absolute Gasteiger partial charge is 0.329 e. The normalized spacial score (nSPS) is 25.9. The molecule has 0 fully saturated rings. The van der Waals surface area contributed by atoms with E-state index in [1.165, 1.54) is 0 Å². The van der Waals surface area contributed by atoms with Crippen LogP contribution in [0.15, 0.2) is 42.5 Å². The Bertz CT molecular complexity index is 383. The topological polar surface area (TPSA) is 20.3 Å². The Morgan fingerprint density at radius 1 is 1.21 bits per heavy atom. The third-order valence-electron chi connectivity index (χ3n) is 2.94. The van der Waals surface area contributed by atoms with Crippen molar-refractivity contribution in [3.05, 3.63) is 48.0 Å². The van der Waals surface area contributed by atoms with Crippen LogP contribution in [0.25, 0.3) is 0 Å². The summed E-state index contributed by atoms with van der Waals surface area (Å²) < 4.78 is 0. The zero-order valence-electron chi connectivity index (χ0n) is 8.40. The summed E-state index contributed by atoms with van der Waals surface area (Å²) in [6.45, 7) is 2.05. The molecule has 72 valence electrons. The third-order valence-corrected chi connectivity index (χ3v) is 2.94. The highest BCUT2D eigenvalue weighted by Gasteiger charge is 2.35. The molecule has 0 radical (unpaired) electrons. The average Bonchev–Trinajstić information content (AvgIpc) is 2.49. The first-order valence-corrected chi connectivity index (χ1v) is 4.67. The number of rotatable bonds is 1. The minimum Gasteiger partial charge on any atom is -0.329 e. The van der Waals surface area contributed by atoms with Gasteiger partial charge in [-0.3, -0.25) is 4.79 Å². The highest BCUT2D eigenvalue weighted by atomic mass is 16.2. The predicted molar refractivity (Wildman–Crippen MR) is 55.7 cm³/mol. The van der Waals surface area contributed by atoms with E-state index in [0.717, 1.165) is 5.56 Å². The van der Waals surface area contributed by atoms with E-state index in [0.29, 0.717) is 0 Å². The molecule has 1 aliphatic rings. The Morgan fingerprint density at radius 2 is 1.86 bits per heavy atom. The van der Waals surface area contributed by atoms with Gasteiger partial charge in [0.05, 0.1) is 5.54 Å². The van der Waals surface area contributed by atoms with E-state index in [9.17, 15) is 4.79 Å². The lowest BCUT2D eigenvalue weighted by Crippen LogP contribution is -2.38. The van der Waals surface area contributed by atoms with E-state index < -0.39 is 0 Å². The number of likely N-dealkylation sites (N-methyl/N-ethyl adjacent to an activating group) is 1. The minimum atomic E-state index is -0.279. The van der Waals surface area contributed by atoms with Crippen LogP contribution in [0.4, 0.5) is 0 Å². The second-order valence-electron chi connectivity index (χ2n) is 3.74. The molecule has 2 nitrogen and oxygen atoms in total. The van der Waals surface area contributed by atoms with E-state index in [-0.39, 0.29) is 11.4 Å². The van der Waals surface area contributed by atoms with Gasteiger partial charge in [-0.2, -0.15) is 0 Å². The van der Waals surface area contributed by atoms with Gasteiger partial charge in [-0.1, -0.05) is 30.3 Å². The molecular formula is C12H13NO. The zero-order chi connectivity index (χ0) is 10.2. The van der Waals surface area contributed by atoms with Crippen LogP contribution >= 0.6 is 0 Å². The smallest absolute Gasteiger partial charge is 0.247 e. The van der Waals surface area contributed by atoms with Gasteiger partial charge in [0.2, 0.25) is 5.91 Å². The lowest BCUT2D eigenvalue weighted by Gasteiger charge is -2.32. The van der Waals surface area contributed by atoms with E-state index in [1.54, 1.807) is 11.0 Å². The van der Waals surface area contributed by atoms with Crippen molar-refractivity contribution in [1.82, 2.24) is 4.90 Å². The maximum atomic E-state index is 11.4. The molecule has 1 aromatic carbocycles. The number of benzene rings is 1. The van der Waals surface area contributed by atoms with Crippen molar-refractivity contribution >= 4 is 5.91 Å². The molecule has 1 atom stereocenters. The predicted octanol–water partition coefficient (Wildman–Crippen LogP) is 1.93. The van der Waals surface area contributed by atoms with Gasteiger partial charge in [0, 0.05) is 13.1 Å². The van der Waals surface area contributed by atoms with Gasteiger partial charge in [0.1, 0.15) is 0 Å². The molecule has 0 unspecified atom stereocenters. The highest BCUT2D eigenvalue weighted by Crippen LogP contribution is 2.32. The van der Waals surface area contributed by atoms with Crippen molar-refractivity contribution in [3.63, 3.8) is 0 Å². The molecule has 2 rings (SSSR count). The molecule has 1 heterocycles. The van der Waals surface area contributed by atoms with Gasteiger partial charge >= 0.3 is 0 Å². The van der Waals surface area contributed by atoms with Crippen LogP contribution < -0.4 is 0 Å². The Balaban J connectivity index is 2.44. The Morgan fingerprint density at radius 3 is 2.36 bits per heavy atom. The van der Waals surface area contributed by atoms with Crippen LogP contribution in [-0.2, 0) is 10.3 Å². The van der Waals surface area contributed by atoms with Crippen molar-refractivity contribution < 1.29 is 4.79 Å². The molecular weight excluding hydrogens is 174 g/mol. The molecule has 0 aromatic heterocycles. The maximum Gasteiger partial charge on any atom is 0.247 e. The maximum absolute atomic E-state index is 11.4. The first-order valence-electron chi connectivity index (χ1n) is 4.67. The summed E-state index contributed by atoms with van der Waals surface area (Å²) in [7, 11) is 1.83. The van der Waals surface area contributed by atoms with Crippen molar-refractivity contribution in [3.8, 4) is 0 Å². The fourth-order valence-electron chi connectivity index (χ4n) is 1.75. The minimum absolute atomic E-state index is 0.0661. The molecule has 1 aliphatic heterocycles. The van der Waals surface area contributed by atoms with Gasteiger partial charge < -0.3 is 4.90 Å². The summed E-state index contributed by atoms with van der Waals surface area (Å²) in [5.74, 6) is 0.0661. The van der Waals surface area contributed by atoms with Crippen LogP contribution in [0.2, 0.25) is 0 Å². The van der Waals surface area contributed by atoms with Gasteiger partial charge in [0.25, 0.3) is 0 Å². The molecule has 2 heteroatoms. The molecule has 0 spiro atoms. The fourth-order valence-corrected chi connectivity index (χ4v) is 1.75. The van der Waals surface area contributed by atoms with Crippen LogP contribution in [0.3, 0.4) is 0 Å². The second kappa shape index (κ2) is 2.98. The quantitative estimate of drug-likeness (QED) is 0.658. The monoisotopic (exact) mass is 187 g/mol. The second-order valence-corrected chi connectivity index (χ2v) is 3.74. The molecule has 0 aliphatic carbocycles. The van der Waals surface area contributed by atoms with Gasteiger partial charge in [-0.05, 0) is 18.6 Å². The fraction of sp³-hybridized carbons (Fsp3) is 0.250. The Labute approximate surface area is 83.8 Å². The summed E-state index contributed by atoms with van der Waals surface area (Å²) in [6, 6.07) is 10.0. The van der Waals surface area contributed by atoms with Crippen molar-refractivity contribution in [2.24, 2.45) is 0 Å². The summed E-state index contributed by atoms with van der Waals surface area (Å²) in [5, 5.41) is 0. The number of nitrogens with zero attached hydrogens (tertiary/aromatic N) is 1. The lowest BCUT2D eigenvalue weighted by molar-refractivity contribution is -0.126. The number of amides is 1. The zero-order valence-corrected chi connectivity index (χ0v) is 8.40. The number of carbonyl (C=O) groups is 1. The van der Waals surface area contributed by atoms with Crippen LogP contribution in [0.5, 0.6) is 0 Å². The number of carbonyl (C=O) groups excluding carboxylic acids is 1. The molecule has 1 amide bonds. The molecule has 0 bridgehead atoms. The van der Waals surface area contributed by atoms with Crippen molar-refractivity contribution in [1.29, 1.82) is 0 Å². The van der Waals surface area contributed by atoms with Crippen LogP contribution in [0, 0.1) is 0 Å². The average molecular weight is 187 g/mol. The summed E-state index contributed by atoms with van der Waals surface area (Å²) in [6.07, 6.45) is 3.58. The van der Waals surface area contributed by atoms with Gasteiger partial charge in [-0.15, -0.1) is 0 Å². The first kappa shape index (κ1) is 9.00. The van der Waals surface area contributed by atoms with Crippen molar-refractivity contribution in [2.75, 3.05) is 7.05 Å². The van der Waals surface area contributed by atoms with E-state index in [2.05, 4.69) is 0 Å². The lowest BCUT2D eigenvalue weighted by atomic mass is 9.92. The summed E-state index contributed by atoms with van der Waals surface area (Å²) in [4.78, 5) is 13.2. The van der Waals surface area contributed by atoms with Gasteiger partial charge in [-0.25, -0.2) is 0 Å². The standard InChI is InChI=1S/C12H13NO/c1-12(9-8-11(14)13(12)2)10-6-4-3-5-7-10/h3-9H,1-2H3/t12-/m0/s1. The SMILES string of the molecule is CN1C(=O)C=C[C@@]1(C)c1ccccc1. The summed E-state index contributed by atoms with van der Waals surface area (Å²) in [5.41, 5.74) is 0.864. The van der Waals surface area contributed by atoms with Crippen LogP contribution in [0.1, 0.15) is 12.5 Å². The third kappa shape index (κ3) is 1.15. The van der Waals surface area contributed by atoms with E-state index in [1.807, 2.05) is 50.4 Å². The van der Waals surface area contributed by atoms with Crippen molar-refractivity contribution in [2.45, 2.75) is 12.5 Å². The number of hydrogen-bond donors (Lipinski definition) is 0. The Kier molecular flexibility index (Phi) is 1.92. The number of hydrogen-bond acceptors (Lipinski definition) is 1. The Hall–Kier alpha value is -1.57. The van der Waals surface area contributed by atoms with E-state index in [4.69, 9.17) is 0 Å². The first-order chi connectivity index (χ1) is 6.64. The molecule has 0 N–H and O–H groups in total. The molecule has 0 saturated heterocycles. The van der Waals surface area contributed by atoms with E-state index >= 15 is 0 Å². The highest BCUT2D eigenvalue weighted by molar-refractivity contribution is 5.91. The van der Waals surface area contributed by atoms with Gasteiger partial charge in [0.15, 0.2) is 0 Å². The van der Waals surface area contributed by atoms with Crippen LogP contribution in [-0.4, -0.2) is 17.9 Å². The molecule has 0 saturated carbocycles. The summed E-state index contributed by atoms with van der Waals surface area (Å²) >= 11 is 0.